The first kappa shape index (κ1) is 13.1. The standard InChI is InChI=1S/C15H16FN3O/c16-12-4-3-11(6-10(12)7-17)19-15(20)13-8-1-2-9(5-8)14(13)18/h3-4,6,8-9,13-14H,1-2,5,18H2,(H,19,20). The number of hydrogen-bond donors (Lipinski definition) is 2. The van der Waals surface area contributed by atoms with Gasteiger partial charge in [-0.15, -0.1) is 0 Å². The lowest BCUT2D eigenvalue weighted by Crippen LogP contribution is -2.42. The minimum atomic E-state index is -0.581. The van der Waals surface area contributed by atoms with Gasteiger partial charge in [-0.3, -0.25) is 4.79 Å². The number of hydrogen-bond acceptors (Lipinski definition) is 3. The van der Waals surface area contributed by atoms with E-state index in [1.807, 2.05) is 0 Å². The van der Waals surface area contributed by atoms with E-state index in [9.17, 15) is 9.18 Å². The van der Waals surface area contributed by atoms with Gasteiger partial charge >= 0.3 is 0 Å². The van der Waals surface area contributed by atoms with Crippen molar-refractivity contribution in [3.8, 4) is 6.07 Å². The van der Waals surface area contributed by atoms with E-state index in [0.717, 1.165) is 19.3 Å². The van der Waals surface area contributed by atoms with Crippen LogP contribution in [0.5, 0.6) is 0 Å². The molecule has 5 heteroatoms. The lowest BCUT2D eigenvalue weighted by atomic mass is 9.84. The summed E-state index contributed by atoms with van der Waals surface area (Å²) in [6.45, 7) is 0. The molecule has 0 spiro atoms. The van der Waals surface area contributed by atoms with Crippen LogP contribution in [-0.2, 0) is 4.79 Å². The quantitative estimate of drug-likeness (QED) is 0.865. The van der Waals surface area contributed by atoms with Gasteiger partial charge in [-0.25, -0.2) is 4.39 Å². The Kier molecular flexibility index (Phi) is 3.19. The third-order valence-corrected chi connectivity index (χ3v) is 4.64. The van der Waals surface area contributed by atoms with Gasteiger partial charge in [-0.1, -0.05) is 0 Å². The second-order valence-electron chi connectivity index (χ2n) is 5.73. The van der Waals surface area contributed by atoms with Gasteiger partial charge in [-0.05, 0) is 49.3 Å². The molecule has 0 heterocycles. The molecule has 0 aliphatic heterocycles. The number of carbonyl (C=O) groups excluding carboxylic acids is 1. The van der Waals surface area contributed by atoms with E-state index in [2.05, 4.69) is 5.32 Å². The van der Waals surface area contributed by atoms with E-state index in [1.165, 1.54) is 18.2 Å². The van der Waals surface area contributed by atoms with E-state index in [-0.39, 0.29) is 23.4 Å². The van der Waals surface area contributed by atoms with E-state index in [1.54, 1.807) is 6.07 Å². The van der Waals surface area contributed by atoms with E-state index in [0.29, 0.717) is 17.5 Å². The molecule has 0 saturated heterocycles. The van der Waals surface area contributed by atoms with Gasteiger partial charge in [-0.2, -0.15) is 5.26 Å². The zero-order chi connectivity index (χ0) is 14.3. The minimum absolute atomic E-state index is 0.0694. The highest BCUT2D eigenvalue weighted by molar-refractivity contribution is 5.93. The number of carbonyl (C=O) groups is 1. The van der Waals surface area contributed by atoms with Gasteiger partial charge in [0, 0.05) is 11.7 Å². The number of anilines is 1. The molecule has 1 aromatic carbocycles. The van der Waals surface area contributed by atoms with Crippen LogP contribution in [0, 0.1) is 34.9 Å². The fourth-order valence-corrected chi connectivity index (χ4v) is 3.64. The largest absolute Gasteiger partial charge is 0.327 e. The summed E-state index contributed by atoms with van der Waals surface area (Å²) in [6.07, 6.45) is 3.21. The van der Waals surface area contributed by atoms with Gasteiger partial charge in [0.25, 0.3) is 0 Å². The van der Waals surface area contributed by atoms with Gasteiger partial charge in [0.15, 0.2) is 0 Å². The molecule has 2 saturated carbocycles. The molecule has 3 rings (SSSR count). The molecule has 1 amide bonds. The second kappa shape index (κ2) is 4.88. The Bertz CT molecular complexity index is 593. The summed E-state index contributed by atoms with van der Waals surface area (Å²) in [5.41, 5.74) is 6.50. The lowest BCUT2D eigenvalue weighted by Gasteiger charge is -2.27. The molecule has 4 atom stereocenters. The van der Waals surface area contributed by atoms with Crippen molar-refractivity contribution in [2.75, 3.05) is 5.32 Å². The van der Waals surface area contributed by atoms with E-state index < -0.39 is 5.82 Å². The van der Waals surface area contributed by atoms with Crippen molar-refractivity contribution in [3.63, 3.8) is 0 Å². The van der Waals surface area contributed by atoms with E-state index >= 15 is 0 Å². The van der Waals surface area contributed by atoms with Crippen LogP contribution in [0.15, 0.2) is 18.2 Å². The molecular weight excluding hydrogens is 257 g/mol. The molecule has 0 radical (unpaired) electrons. The van der Waals surface area contributed by atoms with Gasteiger partial charge in [0.05, 0.1) is 11.5 Å². The highest BCUT2D eigenvalue weighted by Crippen LogP contribution is 2.47. The molecule has 20 heavy (non-hydrogen) atoms. The molecule has 4 unspecified atom stereocenters. The maximum absolute atomic E-state index is 13.2. The summed E-state index contributed by atoms with van der Waals surface area (Å²) in [4.78, 5) is 12.3. The maximum atomic E-state index is 13.2. The minimum Gasteiger partial charge on any atom is -0.327 e. The van der Waals surface area contributed by atoms with Gasteiger partial charge < -0.3 is 11.1 Å². The average Bonchev–Trinajstić information content (AvgIpc) is 3.01. The van der Waals surface area contributed by atoms with Crippen molar-refractivity contribution >= 4 is 11.6 Å². The van der Waals surface area contributed by atoms with Crippen molar-refractivity contribution < 1.29 is 9.18 Å². The Hall–Kier alpha value is -1.93. The Morgan fingerprint density at radius 1 is 1.40 bits per heavy atom. The zero-order valence-corrected chi connectivity index (χ0v) is 11.0. The number of halogens is 1. The van der Waals surface area contributed by atoms with Crippen LogP contribution in [0.1, 0.15) is 24.8 Å². The van der Waals surface area contributed by atoms with Crippen LogP contribution in [0.4, 0.5) is 10.1 Å². The molecule has 104 valence electrons. The number of nitrogens with two attached hydrogens (primary N) is 1. The summed E-state index contributed by atoms with van der Waals surface area (Å²) >= 11 is 0. The van der Waals surface area contributed by atoms with Gasteiger partial charge in [0.2, 0.25) is 5.91 Å². The Balaban J connectivity index is 1.75. The van der Waals surface area contributed by atoms with Crippen LogP contribution in [0.25, 0.3) is 0 Å². The van der Waals surface area contributed by atoms with Crippen molar-refractivity contribution in [2.24, 2.45) is 23.5 Å². The topological polar surface area (TPSA) is 78.9 Å². The molecule has 3 N–H and O–H groups in total. The monoisotopic (exact) mass is 273 g/mol. The van der Waals surface area contributed by atoms with Crippen LogP contribution < -0.4 is 11.1 Å². The summed E-state index contributed by atoms with van der Waals surface area (Å²) in [5, 5.41) is 11.6. The second-order valence-corrected chi connectivity index (χ2v) is 5.73. The zero-order valence-electron chi connectivity index (χ0n) is 11.0. The number of fused-ring (bicyclic) bond motifs is 2. The Morgan fingerprint density at radius 2 is 2.15 bits per heavy atom. The molecule has 2 bridgehead atoms. The molecule has 0 aromatic heterocycles. The summed E-state index contributed by atoms with van der Waals surface area (Å²) in [6, 6.07) is 5.69. The summed E-state index contributed by atoms with van der Waals surface area (Å²) in [5.74, 6) is -0.0313. The number of nitriles is 1. The Labute approximate surface area is 116 Å². The van der Waals surface area contributed by atoms with Crippen molar-refractivity contribution in [3.05, 3.63) is 29.6 Å². The van der Waals surface area contributed by atoms with Crippen molar-refractivity contribution in [2.45, 2.75) is 25.3 Å². The number of amides is 1. The maximum Gasteiger partial charge on any atom is 0.229 e. The summed E-state index contributed by atoms with van der Waals surface area (Å²) in [7, 11) is 0. The molecular formula is C15H16FN3O. The van der Waals surface area contributed by atoms with Crippen LogP contribution >= 0.6 is 0 Å². The molecule has 2 fully saturated rings. The number of nitrogens with zero attached hydrogens (tertiary/aromatic N) is 1. The molecule has 4 nitrogen and oxygen atoms in total. The molecule has 2 aliphatic rings. The molecule has 2 aliphatic carbocycles. The van der Waals surface area contributed by atoms with Crippen LogP contribution in [0.3, 0.4) is 0 Å². The summed E-state index contributed by atoms with van der Waals surface area (Å²) < 4.78 is 13.2. The van der Waals surface area contributed by atoms with Crippen LogP contribution in [-0.4, -0.2) is 11.9 Å². The van der Waals surface area contributed by atoms with Crippen molar-refractivity contribution in [1.82, 2.24) is 0 Å². The lowest BCUT2D eigenvalue weighted by molar-refractivity contribution is -0.121. The van der Waals surface area contributed by atoms with Crippen molar-refractivity contribution in [1.29, 1.82) is 5.26 Å². The Morgan fingerprint density at radius 3 is 2.80 bits per heavy atom. The first-order valence-electron chi connectivity index (χ1n) is 6.86. The number of rotatable bonds is 2. The van der Waals surface area contributed by atoms with Gasteiger partial charge in [0.1, 0.15) is 11.9 Å². The fraction of sp³-hybridized carbons (Fsp3) is 0.467. The average molecular weight is 273 g/mol. The normalized spacial score (nSPS) is 31.1. The van der Waals surface area contributed by atoms with Crippen LogP contribution in [0.2, 0.25) is 0 Å². The highest BCUT2D eigenvalue weighted by Gasteiger charge is 2.49. The predicted octanol–water partition coefficient (Wildman–Crippen LogP) is 2.01. The molecule has 1 aromatic rings. The predicted molar refractivity (Wildman–Crippen MR) is 72.0 cm³/mol. The third kappa shape index (κ3) is 2.06. The highest BCUT2D eigenvalue weighted by atomic mass is 19.1. The third-order valence-electron chi connectivity index (χ3n) is 4.64. The first-order valence-corrected chi connectivity index (χ1v) is 6.86. The smallest absolute Gasteiger partial charge is 0.229 e. The fourth-order valence-electron chi connectivity index (χ4n) is 3.64. The van der Waals surface area contributed by atoms with E-state index in [4.69, 9.17) is 11.0 Å². The first-order chi connectivity index (χ1) is 9.60. The number of nitrogens with one attached hydrogen (secondary N) is 1. The SMILES string of the molecule is N#Cc1cc(NC(=O)C2C3CCC(C3)C2N)ccc1F. The number of benzene rings is 1.